The van der Waals surface area contributed by atoms with Crippen molar-refractivity contribution in [3.05, 3.63) is 53.7 Å². The van der Waals surface area contributed by atoms with Crippen LogP contribution in [0.2, 0.25) is 0 Å². The lowest BCUT2D eigenvalue weighted by molar-refractivity contribution is 0.379. The van der Waals surface area contributed by atoms with Crippen LogP contribution in [-0.4, -0.2) is 35.2 Å². The molecule has 0 N–H and O–H groups in total. The van der Waals surface area contributed by atoms with E-state index in [2.05, 4.69) is 32.7 Å². The second-order valence-electron chi connectivity index (χ2n) is 8.38. The molecule has 0 amide bonds. The first kappa shape index (κ1) is 21.1. The number of benzene rings is 2. The maximum Gasteiger partial charge on any atom is 0.318 e. The van der Waals surface area contributed by atoms with Crippen LogP contribution in [0.3, 0.4) is 0 Å². The molecule has 0 bridgehead atoms. The van der Waals surface area contributed by atoms with Gasteiger partial charge in [-0.2, -0.15) is 9.97 Å². The molecule has 0 aliphatic carbocycles. The summed E-state index contributed by atoms with van der Waals surface area (Å²) in [6, 6.07) is 8.27. The van der Waals surface area contributed by atoms with Gasteiger partial charge in [0.25, 0.3) is 0 Å². The lowest BCUT2D eigenvalue weighted by Crippen LogP contribution is -2.35. The van der Waals surface area contributed by atoms with Crippen molar-refractivity contribution in [2.24, 2.45) is 5.92 Å². The first-order valence-corrected chi connectivity index (χ1v) is 10.8. The van der Waals surface area contributed by atoms with Crippen molar-refractivity contribution in [3.8, 4) is 29.6 Å². The number of ether oxygens (including phenoxy) is 1. The molecule has 5 rings (SSSR count). The molecular weight excluding hydrogens is 422 g/mol. The highest BCUT2D eigenvalue weighted by atomic mass is 19.1. The summed E-state index contributed by atoms with van der Waals surface area (Å²) < 4.78 is 35.7. The maximum atomic E-state index is 16.0. The average Bonchev–Trinajstić information content (AvgIpc) is 2.83. The number of hydrogen-bond donors (Lipinski definition) is 0. The molecule has 1 aliphatic rings. The van der Waals surface area contributed by atoms with Gasteiger partial charge >= 0.3 is 6.01 Å². The minimum atomic E-state index is -0.626. The zero-order chi connectivity index (χ0) is 23.1. The van der Waals surface area contributed by atoms with Gasteiger partial charge in [-0.05, 0) is 30.2 Å². The highest BCUT2D eigenvalue weighted by Crippen LogP contribution is 2.37. The van der Waals surface area contributed by atoms with Crippen molar-refractivity contribution in [3.63, 3.8) is 0 Å². The number of aromatic nitrogens is 3. The van der Waals surface area contributed by atoms with Crippen molar-refractivity contribution >= 4 is 27.5 Å². The highest BCUT2D eigenvalue weighted by molar-refractivity contribution is 6.02. The molecule has 1 saturated heterocycles. The van der Waals surface area contributed by atoms with Gasteiger partial charge < -0.3 is 9.64 Å². The molecule has 3 heterocycles. The molecule has 166 valence electrons. The number of fused-ring (bicyclic) bond motifs is 2. The number of pyridine rings is 1. The summed E-state index contributed by atoms with van der Waals surface area (Å²) in [5, 5.41) is 1.65. The Bertz CT molecular complexity index is 1430. The Morgan fingerprint density at radius 1 is 1.18 bits per heavy atom. The molecule has 1 unspecified atom stereocenters. The summed E-state index contributed by atoms with van der Waals surface area (Å²) in [6.07, 6.45) is 9.34. The first-order chi connectivity index (χ1) is 16.0. The molecule has 2 aromatic carbocycles. The number of anilines is 1. The monoisotopic (exact) mass is 444 g/mol. The van der Waals surface area contributed by atoms with E-state index in [4.69, 9.17) is 11.2 Å². The van der Waals surface area contributed by atoms with Crippen LogP contribution in [0.4, 0.5) is 14.6 Å². The Morgan fingerprint density at radius 2 is 2.03 bits per heavy atom. The minimum Gasteiger partial charge on any atom is -0.467 e. The number of nitrogens with zero attached hydrogens (tertiary/aromatic N) is 4. The SMILES string of the molecule is C#Cc1c(F)ccc2cccc(-c3ncc4c(N5CCCC(C)C5)nc(OC)nc4c3F)c12. The summed E-state index contributed by atoms with van der Waals surface area (Å²) in [7, 11) is 1.45. The molecule has 33 heavy (non-hydrogen) atoms. The summed E-state index contributed by atoms with van der Waals surface area (Å²) in [5.74, 6) is 2.34. The van der Waals surface area contributed by atoms with Crippen LogP contribution in [0.15, 0.2) is 36.5 Å². The largest absolute Gasteiger partial charge is 0.467 e. The van der Waals surface area contributed by atoms with E-state index in [0.29, 0.717) is 33.5 Å². The second kappa shape index (κ2) is 8.28. The van der Waals surface area contributed by atoms with Gasteiger partial charge in [0.1, 0.15) is 22.8 Å². The Labute approximate surface area is 190 Å². The van der Waals surface area contributed by atoms with Crippen molar-refractivity contribution in [2.45, 2.75) is 19.8 Å². The Hall–Kier alpha value is -3.79. The molecule has 1 fully saturated rings. The quantitative estimate of drug-likeness (QED) is 0.399. The third-order valence-electron chi connectivity index (χ3n) is 6.18. The van der Waals surface area contributed by atoms with E-state index in [1.165, 1.54) is 13.2 Å². The summed E-state index contributed by atoms with van der Waals surface area (Å²) in [6.45, 7) is 3.82. The maximum absolute atomic E-state index is 16.0. The summed E-state index contributed by atoms with van der Waals surface area (Å²) in [5.41, 5.74) is 0.641. The predicted octanol–water partition coefficient (Wildman–Crippen LogP) is 5.35. The van der Waals surface area contributed by atoms with Gasteiger partial charge in [0.05, 0.1) is 18.1 Å². The van der Waals surface area contributed by atoms with Gasteiger partial charge in [-0.25, -0.2) is 8.78 Å². The van der Waals surface area contributed by atoms with Gasteiger partial charge in [-0.15, -0.1) is 6.42 Å². The number of hydrogen-bond acceptors (Lipinski definition) is 5. The fourth-order valence-electron chi connectivity index (χ4n) is 4.62. The van der Waals surface area contributed by atoms with Gasteiger partial charge in [0.15, 0.2) is 5.82 Å². The second-order valence-corrected chi connectivity index (χ2v) is 8.38. The molecule has 2 aromatic heterocycles. The van der Waals surface area contributed by atoms with Crippen molar-refractivity contribution in [2.75, 3.05) is 25.1 Å². The van der Waals surface area contributed by atoms with E-state index in [0.717, 1.165) is 25.9 Å². The Morgan fingerprint density at radius 3 is 2.79 bits per heavy atom. The standard InChI is InChI=1S/C26H22F2N4O/c1-4-17-20(27)11-10-16-8-5-9-18(21(16)17)23-22(28)24-19(13-29-23)25(31-26(30-24)33-3)32-12-6-7-15(2)14-32/h1,5,8-11,13,15H,6-7,12,14H2,2-3H3. The molecular formula is C26H22F2N4O. The summed E-state index contributed by atoms with van der Waals surface area (Å²) in [4.78, 5) is 15.4. The summed E-state index contributed by atoms with van der Waals surface area (Å²) >= 11 is 0. The average molecular weight is 444 g/mol. The highest BCUT2D eigenvalue weighted by Gasteiger charge is 2.24. The fourth-order valence-corrected chi connectivity index (χ4v) is 4.62. The third-order valence-corrected chi connectivity index (χ3v) is 6.18. The zero-order valence-electron chi connectivity index (χ0n) is 18.4. The normalized spacial score (nSPS) is 16.2. The fraction of sp³-hybridized carbons (Fsp3) is 0.269. The Balaban J connectivity index is 1.77. The van der Waals surface area contributed by atoms with Crippen LogP contribution < -0.4 is 9.64 Å². The lowest BCUT2D eigenvalue weighted by Gasteiger charge is -2.32. The number of rotatable bonds is 3. The van der Waals surface area contributed by atoms with Crippen LogP contribution in [0, 0.1) is 29.9 Å². The van der Waals surface area contributed by atoms with Gasteiger partial charge in [0, 0.05) is 30.2 Å². The smallest absolute Gasteiger partial charge is 0.318 e. The first-order valence-electron chi connectivity index (χ1n) is 10.8. The molecule has 7 heteroatoms. The molecule has 5 nitrogen and oxygen atoms in total. The Kier molecular flexibility index (Phi) is 5.29. The molecule has 1 aliphatic heterocycles. The van der Waals surface area contributed by atoms with E-state index in [9.17, 15) is 4.39 Å². The topological polar surface area (TPSA) is 51.1 Å². The molecule has 1 atom stereocenters. The zero-order valence-corrected chi connectivity index (χ0v) is 18.4. The van der Waals surface area contributed by atoms with Crippen molar-refractivity contribution in [1.29, 1.82) is 0 Å². The predicted molar refractivity (Wildman–Crippen MR) is 125 cm³/mol. The van der Waals surface area contributed by atoms with Crippen LogP contribution in [0.25, 0.3) is 32.9 Å². The van der Waals surface area contributed by atoms with Gasteiger partial charge in [-0.1, -0.05) is 37.1 Å². The minimum absolute atomic E-state index is 0.0499. The van der Waals surface area contributed by atoms with Crippen LogP contribution in [0.1, 0.15) is 25.3 Å². The van der Waals surface area contributed by atoms with Crippen molar-refractivity contribution in [1.82, 2.24) is 15.0 Å². The van der Waals surface area contributed by atoms with Crippen LogP contribution in [-0.2, 0) is 0 Å². The van der Waals surface area contributed by atoms with Crippen LogP contribution >= 0.6 is 0 Å². The number of halogens is 2. The van der Waals surface area contributed by atoms with E-state index >= 15 is 4.39 Å². The molecule has 0 radical (unpaired) electrons. The van der Waals surface area contributed by atoms with E-state index in [1.54, 1.807) is 30.5 Å². The number of piperidine rings is 1. The van der Waals surface area contributed by atoms with Crippen LogP contribution in [0.5, 0.6) is 6.01 Å². The lowest BCUT2D eigenvalue weighted by atomic mass is 9.96. The van der Waals surface area contributed by atoms with Gasteiger partial charge in [0.2, 0.25) is 0 Å². The molecule has 4 aromatic rings. The van der Waals surface area contributed by atoms with E-state index in [-0.39, 0.29) is 22.8 Å². The van der Waals surface area contributed by atoms with Crippen molar-refractivity contribution < 1.29 is 13.5 Å². The number of methoxy groups -OCH3 is 1. The van der Waals surface area contributed by atoms with E-state index in [1.807, 2.05) is 0 Å². The number of terminal acetylenes is 1. The van der Waals surface area contributed by atoms with E-state index < -0.39 is 11.6 Å². The third kappa shape index (κ3) is 3.52. The molecule has 0 saturated carbocycles. The molecule has 0 spiro atoms. The van der Waals surface area contributed by atoms with Gasteiger partial charge in [-0.3, -0.25) is 4.98 Å².